The zero-order valence-electron chi connectivity index (χ0n) is 10.5. The molecule has 0 saturated heterocycles. The molecular formula is C16H17O. The predicted octanol–water partition coefficient (Wildman–Crippen LogP) is 3.82. The summed E-state index contributed by atoms with van der Waals surface area (Å²) < 4.78 is 5.42. The van der Waals surface area contributed by atoms with Crippen LogP contribution in [0.5, 0.6) is 5.75 Å². The van der Waals surface area contributed by atoms with Crippen molar-refractivity contribution in [1.29, 1.82) is 0 Å². The molecule has 17 heavy (non-hydrogen) atoms. The van der Waals surface area contributed by atoms with Gasteiger partial charge in [-0.3, -0.25) is 0 Å². The SMILES string of the molecule is COc1ccc[c]c1C(C)(C)c1ccccc1. The lowest BCUT2D eigenvalue weighted by Gasteiger charge is -2.27. The summed E-state index contributed by atoms with van der Waals surface area (Å²) in [7, 11) is 1.70. The van der Waals surface area contributed by atoms with Gasteiger partial charge in [0, 0.05) is 11.0 Å². The molecule has 0 atom stereocenters. The molecule has 2 aromatic rings. The number of benzene rings is 2. The normalized spacial score (nSPS) is 11.2. The van der Waals surface area contributed by atoms with Gasteiger partial charge in [0.05, 0.1) is 7.11 Å². The molecule has 0 saturated carbocycles. The summed E-state index contributed by atoms with van der Waals surface area (Å²) in [5.41, 5.74) is 2.25. The van der Waals surface area contributed by atoms with Gasteiger partial charge in [0.15, 0.2) is 0 Å². The van der Waals surface area contributed by atoms with Crippen molar-refractivity contribution >= 4 is 0 Å². The number of hydrogen-bond donors (Lipinski definition) is 0. The number of hydrogen-bond acceptors (Lipinski definition) is 1. The first-order valence-electron chi connectivity index (χ1n) is 5.77. The first-order valence-corrected chi connectivity index (χ1v) is 5.77. The van der Waals surface area contributed by atoms with E-state index in [0.29, 0.717) is 0 Å². The van der Waals surface area contributed by atoms with E-state index in [2.05, 4.69) is 44.2 Å². The summed E-state index contributed by atoms with van der Waals surface area (Å²) in [6.07, 6.45) is 0. The lowest BCUT2D eigenvalue weighted by atomic mass is 9.78. The molecule has 0 aliphatic heterocycles. The van der Waals surface area contributed by atoms with E-state index in [1.54, 1.807) is 7.11 Å². The van der Waals surface area contributed by atoms with Gasteiger partial charge in [-0.2, -0.15) is 0 Å². The fourth-order valence-corrected chi connectivity index (χ4v) is 2.08. The Morgan fingerprint density at radius 1 is 1.00 bits per heavy atom. The molecule has 0 aliphatic carbocycles. The van der Waals surface area contributed by atoms with Crippen LogP contribution < -0.4 is 4.74 Å². The molecule has 1 nitrogen and oxygen atoms in total. The van der Waals surface area contributed by atoms with E-state index in [4.69, 9.17) is 4.74 Å². The third-order valence-corrected chi connectivity index (χ3v) is 3.16. The van der Waals surface area contributed by atoms with Gasteiger partial charge >= 0.3 is 0 Å². The standard InChI is InChI=1S/C16H17O/c1-16(2,13-9-5-4-6-10-13)14-11-7-8-12-15(14)17-3/h4-10,12H,1-3H3. The zero-order chi connectivity index (χ0) is 12.3. The van der Waals surface area contributed by atoms with E-state index < -0.39 is 0 Å². The quantitative estimate of drug-likeness (QED) is 0.771. The topological polar surface area (TPSA) is 9.23 Å². The molecular weight excluding hydrogens is 208 g/mol. The smallest absolute Gasteiger partial charge is 0.123 e. The molecule has 0 bridgehead atoms. The van der Waals surface area contributed by atoms with E-state index in [9.17, 15) is 0 Å². The first-order chi connectivity index (χ1) is 8.16. The maximum absolute atomic E-state index is 5.42. The summed E-state index contributed by atoms with van der Waals surface area (Å²) in [5.74, 6) is 0.890. The Morgan fingerprint density at radius 3 is 2.35 bits per heavy atom. The third-order valence-electron chi connectivity index (χ3n) is 3.16. The van der Waals surface area contributed by atoms with Crippen molar-refractivity contribution in [1.82, 2.24) is 0 Å². The molecule has 0 amide bonds. The van der Waals surface area contributed by atoms with Crippen molar-refractivity contribution in [3.8, 4) is 5.75 Å². The summed E-state index contributed by atoms with van der Waals surface area (Å²) in [5, 5.41) is 0. The second-order valence-electron chi connectivity index (χ2n) is 4.60. The molecule has 0 N–H and O–H groups in total. The minimum atomic E-state index is -0.103. The van der Waals surface area contributed by atoms with Gasteiger partial charge in [0.2, 0.25) is 0 Å². The lowest BCUT2D eigenvalue weighted by molar-refractivity contribution is 0.400. The van der Waals surface area contributed by atoms with Gasteiger partial charge in [-0.05, 0) is 17.7 Å². The van der Waals surface area contributed by atoms with E-state index >= 15 is 0 Å². The highest BCUT2D eigenvalue weighted by molar-refractivity contribution is 5.44. The van der Waals surface area contributed by atoms with Gasteiger partial charge in [-0.25, -0.2) is 0 Å². The second-order valence-corrected chi connectivity index (χ2v) is 4.60. The molecule has 0 heterocycles. The molecule has 0 unspecified atom stereocenters. The highest BCUT2D eigenvalue weighted by Gasteiger charge is 2.26. The van der Waals surface area contributed by atoms with Crippen molar-refractivity contribution in [2.75, 3.05) is 7.11 Å². The summed E-state index contributed by atoms with van der Waals surface area (Å²) in [4.78, 5) is 0. The largest absolute Gasteiger partial charge is 0.496 e. The Kier molecular flexibility index (Phi) is 3.19. The van der Waals surface area contributed by atoms with E-state index in [1.165, 1.54) is 5.56 Å². The number of ether oxygens (including phenoxy) is 1. The Bertz CT molecular complexity index is 486. The summed E-state index contributed by atoms with van der Waals surface area (Å²) in [6.45, 7) is 4.38. The van der Waals surface area contributed by atoms with Crippen LogP contribution in [-0.2, 0) is 5.41 Å². The van der Waals surface area contributed by atoms with Crippen LogP contribution in [0.25, 0.3) is 0 Å². The van der Waals surface area contributed by atoms with Crippen LogP contribution in [0.4, 0.5) is 0 Å². The van der Waals surface area contributed by atoms with Crippen LogP contribution in [0.2, 0.25) is 0 Å². The molecule has 1 radical (unpaired) electrons. The van der Waals surface area contributed by atoms with Crippen LogP contribution in [0.1, 0.15) is 25.0 Å². The van der Waals surface area contributed by atoms with Crippen molar-refractivity contribution < 1.29 is 4.74 Å². The Balaban J connectivity index is 2.51. The van der Waals surface area contributed by atoms with Crippen LogP contribution in [0, 0.1) is 6.07 Å². The average Bonchev–Trinajstić information content (AvgIpc) is 2.39. The third kappa shape index (κ3) is 2.19. The van der Waals surface area contributed by atoms with Gasteiger partial charge in [0.1, 0.15) is 5.75 Å². The van der Waals surface area contributed by atoms with E-state index in [0.717, 1.165) is 11.3 Å². The van der Waals surface area contributed by atoms with Crippen LogP contribution >= 0.6 is 0 Å². The van der Waals surface area contributed by atoms with Gasteiger partial charge in [-0.15, -0.1) is 0 Å². The minimum Gasteiger partial charge on any atom is -0.496 e. The molecule has 2 rings (SSSR count). The van der Waals surface area contributed by atoms with Crippen LogP contribution in [-0.4, -0.2) is 7.11 Å². The van der Waals surface area contributed by atoms with Crippen LogP contribution in [0.15, 0.2) is 48.5 Å². The Morgan fingerprint density at radius 2 is 1.71 bits per heavy atom. The molecule has 1 heteroatoms. The average molecular weight is 225 g/mol. The van der Waals surface area contributed by atoms with Crippen LogP contribution in [0.3, 0.4) is 0 Å². The Hall–Kier alpha value is -1.76. The molecule has 0 spiro atoms. The molecule has 87 valence electrons. The van der Waals surface area contributed by atoms with Crippen molar-refractivity contribution in [3.63, 3.8) is 0 Å². The lowest BCUT2D eigenvalue weighted by Crippen LogP contribution is -2.19. The monoisotopic (exact) mass is 225 g/mol. The minimum absolute atomic E-state index is 0.103. The van der Waals surface area contributed by atoms with E-state index in [1.807, 2.05) is 24.3 Å². The van der Waals surface area contributed by atoms with Crippen molar-refractivity contribution in [3.05, 3.63) is 65.7 Å². The van der Waals surface area contributed by atoms with Crippen molar-refractivity contribution in [2.45, 2.75) is 19.3 Å². The maximum atomic E-state index is 5.42. The second kappa shape index (κ2) is 4.62. The number of rotatable bonds is 3. The summed E-state index contributed by atoms with van der Waals surface area (Å²) >= 11 is 0. The summed E-state index contributed by atoms with van der Waals surface area (Å²) in [6, 6.07) is 19.6. The maximum Gasteiger partial charge on any atom is 0.123 e. The number of methoxy groups -OCH3 is 1. The molecule has 2 aromatic carbocycles. The first kappa shape index (κ1) is 11.7. The van der Waals surface area contributed by atoms with Gasteiger partial charge in [-0.1, -0.05) is 56.3 Å². The predicted molar refractivity (Wildman–Crippen MR) is 70.4 cm³/mol. The van der Waals surface area contributed by atoms with Crippen molar-refractivity contribution in [2.24, 2.45) is 0 Å². The van der Waals surface area contributed by atoms with E-state index in [-0.39, 0.29) is 5.41 Å². The highest BCUT2D eigenvalue weighted by Crippen LogP contribution is 2.36. The fourth-order valence-electron chi connectivity index (χ4n) is 2.08. The fraction of sp³-hybridized carbons (Fsp3) is 0.250. The zero-order valence-corrected chi connectivity index (χ0v) is 10.5. The Labute approximate surface area is 103 Å². The molecule has 0 aromatic heterocycles. The van der Waals surface area contributed by atoms with Gasteiger partial charge in [0.25, 0.3) is 0 Å². The molecule has 0 aliphatic rings. The van der Waals surface area contributed by atoms with Gasteiger partial charge < -0.3 is 4.74 Å². The highest BCUT2D eigenvalue weighted by atomic mass is 16.5. The molecule has 0 fully saturated rings.